The van der Waals surface area contributed by atoms with E-state index in [0.717, 1.165) is 12.8 Å². The Balaban J connectivity index is 0. The van der Waals surface area contributed by atoms with Gasteiger partial charge in [-0.1, -0.05) is 39.0 Å². The molecule has 0 amide bonds. The van der Waals surface area contributed by atoms with Crippen LogP contribution in [0.5, 0.6) is 0 Å². The van der Waals surface area contributed by atoms with E-state index in [-0.39, 0.29) is 0 Å². The molecule has 0 bridgehead atoms. The number of carboxylic acids is 1. The number of hydrogen-bond donors (Lipinski definition) is 1. The van der Waals surface area contributed by atoms with Gasteiger partial charge < -0.3 is 5.11 Å². The summed E-state index contributed by atoms with van der Waals surface area (Å²) in [5.41, 5.74) is 0. The minimum Gasteiger partial charge on any atom is -0.481 e. The minimum absolute atomic E-state index is 0.339. The van der Waals surface area contributed by atoms with Gasteiger partial charge in [0, 0.05) is 6.42 Å². The maximum atomic E-state index is 10.1. The van der Waals surface area contributed by atoms with Crippen molar-refractivity contribution in [2.24, 2.45) is 0 Å². The van der Waals surface area contributed by atoms with Gasteiger partial charge in [-0.2, -0.15) is 0 Å². The molecule has 0 aromatic carbocycles. The van der Waals surface area contributed by atoms with E-state index in [0.29, 0.717) is 6.42 Å². The van der Waals surface area contributed by atoms with Gasteiger partial charge in [0.15, 0.2) is 0 Å². The zero-order chi connectivity index (χ0) is 10.5. The Morgan fingerprint density at radius 2 is 1.54 bits per heavy atom. The molecule has 78 valence electrons. The molecule has 0 saturated heterocycles. The van der Waals surface area contributed by atoms with Crippen molar-refractivity contribution in [1.82, 2.24) is 0 Å². The van der Waals surface area contributed by atoms with Crippen LogP contribution in [0.2, 0.25) is 0 Å². The summed E-state index contributed by atoms with van der Waals surface area (Å²) in [5.74, 6) is -0.666. The Bertz CT molecular complexity index is 111. The van der Waals surface area contributed by atoms with Crippen molar-refractivity contribution in [2.45, 2.75) is 51.9 Å². The molecule has 2 nitrogen and oxygen atoms in total. The van der Waals surface area contributed by atoms with Crippen LogP contribution in [0.3, 0.4) is 0 Å². The normalized spacial score (nSPS) is 8.69. The first-order chi connectivity index (χ1) is 6.27. The smallest absolute Gasteiger partial charge is 0.303 e. The van der Waals surface area contributed by atoms with Gasteiger partial charge in [0.25, 0.3) is 0 Å². The minimum atomic E-state index is -0.666. The molecule has 0 saturated carbocycles. The first-order valence-electron chi connectivity index (χ1n) is 4.99. The molecule has 1 N–H and O–H groups in total. The van der Waals surface area contributed by atoms with E-state index in [2.05, 4.69) is 20.1 Å². The molecule has 0 fully saturated rings. The molecule has 0 aliphatic heterocycles. The molecule has 13 heavy (non-hydrogen) atoms. The zero-order valence-corrected chi connectivity index (χ0v) is 8.72. The monoisotopic (exact) mass is 186 g/mol. The summed E-state index contributed by atoms with van der Waals surface area (Å²) in [5, 5.41) is 8.32. The number of rotatable bonds is 7. The number of unbranched alkanes of at least 4 members (excludes halogenated alkanes) is 5. The fourth-order valence-corrected chi connectivity index (χ4v) is 1.06. The standard InChI is InChI=1S/C9H18O2.C2H4/c1-2-3-4-5-6-7-8-9(10)11;1-2/h2-8H2,1H3,(H,10,11);1-2H2. The lowest BCUT2D eigenvalue weighted by Gasteiger charge is -1.97. The highest BCUT2D eigenvalue weighted by molar-refractivity contribution is 5.66. The second-order valence-electron chi connectivity index (χ2n) is 2.91. The fourth-order valence-electron chi connectivity index (χ4n) is 1.06. The van der Waals surface area contributed by atoms with Gasteiger partial charge in [-0.05, 0) is 6.42 Å². The Hall–Kier alpha value is -0.790. The maximum absolute atomic E-state index is 10.1. The fraction of sp³-hybridized carbons (Fsp3) is 0.727. The third-order valence-electron chi connectivity index (χ3n) is 1.74. The summed E-state index contributed by atoms with van der Waals surface area (Å²) in [6, 6.07) is 0. The highest BCUT2D eigenvalue weighted by Gasteiger charge is 1.95. The van der Waals surface area contributed by atoms with Crippen molar-refractivity contribution in [2.75, 3.05) is 0 Å². The second-order valence-corrected chi connectivity index (χ2v) is 2.91. The molecular weight excluding hydrogens is 164 g/mol. The van der Waals surface area contributed by atoms with E-state index in [4.69, 9.17) is 5.11 Å². The van der Waals surface area contributed by atoms with E-state index in [1.54, 1.807) is 0 Å². The summed E-state index contributed by atoms with van der Waals surface area (Å²) in [4.78, 5) is 10.1. The van der Waals surface area contributed by atoms with Crippen LogP contribution in [0.1, 0.15) is 51.9 Å². The van der Waals surface area contributed by atoms with Crippen LogP contribution in [0.4, 0.5) is 0 Å². The Morgan fingerprint density at radius 3 is 2.00 bits per heavy atom. The molecule has 0 aliphatic rings. The van der Waals surface area contributed by atoms with Crippen LogP contribution in [-0.4, -0.2) is 11.1 Å². The maximum Gasteiger partial charge on any atom is 0.303 e. The summed E-state index contributed by atoms with van der Waals surface area (Å²) < 4.78 is 0. The molecule has 0 rings (SSSR count). The van der Waals surface area contributed by atoms with Crippen molar-refractivity contribution in [1.29, 1.82) is 0 Å². The average molecular weight is 186 g/mol. The second kappa shape index (κ2) is 13.8. The molecular formula is C11H22O2. The lowest BCUT2D eigenvalue weighted by molar-refractivity contribution is -0.137. The third kappa shape index (κ3) is 18.3. The van der Waals surface area contributed by atoms with Crippen molar-refractivity contribution in [3.63, 3.8) is 0 Å². The van der Waals surface area contributed by atoms with Crippen molar-refractivity contribution < 1.29 is 9.90 Å². The Morgan fingerprint density at radius 1 is 1.08 bits per heavy atom. The van der Waals surface area contributed by atoms with Crippen LogP contribution in [0, 0.1) is 0 Å². The van der Waals surface area contributed by atoms with E-state index in [1.165, 1.54) is 25.7 Å². The number of hydrogen-bond acceptors (Lipinski definition) is 1. The van der Waals surface area contributed by atoms with Gasteiger partial charge in [-0.3, -0.25) is 4.79 Å². The summed E-state index contributed by atoms with van der Waals surface area (Å²) >= 11 is 0. The summed E-state index contributed by atoms with van der Waals surface area (Å²) in [6.45, 7) is 8.18. The molecule has 0 aromatic rings. The predicted octanol–water partition coefficient (Wildman–Crippen LogP) is 3.62. The quantitative estimate of drug-likeness (QED) is 0.487. The molecule has 0 atom stereocenters. The summed E-state index contributed by atoms with van der Waals surface area (Å²) in [7, 11) is 0. The molecule has 0 heterocycles. The summed E-state index contributed by atoms with van der Waals surface area (Å²) in [6.07, 6.45) is 7.25. The lowest BCUT2D eigenvalue weighted by atomic mass is 10.1. The SMILES string of the molecule is C=C.CCCCCCCCC(=O)O. The number of carboxylic acid groups (broad SMARTS) is 1. The van der Waals surface area contributed by atoms with Crippen molar-refractivity contribution in [3.8, 4) is 0 Å². The first-order valence-corrected chi connectivity index (χ1v) is 4.99. The van der Waals surface area contributed by atoms with Crippen LogP contribution in [-0.2, 0) is 4.79 Å². The molecule has 2 heteroatoms. The highest BCUT2D eigenvalue weighted by atomic mass is 16.4. The van der Waals surface area contributed by atoms with Crippen LogP contribution in [0.15, 0.2) is 13.2 Å². The van der Waals surface area contributed by atoms with E-state index >= 15 is 0 Å². The van der Waals surface area contributed by atoms with E-state index in [1.807, 2.05) is 0 Å². The predicted molar refractivity (Wildman–Crippen MR) is 56.9 cm³/mol. The molecule has 0 radical (unpaired) electrons. The van der Waals surface area contributed by atoms with Crippen LogP contribution >= 0.6 is 0 Å². The molecule has 0 aromatic heterocycles. The highest BCUT2D eigenvalue weighted by Crippen LogP contribution is 2.06. The van der Waals surface area contributed by atoms with Gasteiger partial charge in [0.2, 0.25) is 0 Å². The van der Waals surface area contributed by atoms with Gasteiger partial charge in [0.1, 0.15) is 0 Å². The average Bonchev–Trinajstić information content (AvgIpc) is 2.14. The van der Waals surface area contributed by atoms with Gasteiger partial charge in [0.05, 0.1) is 0 Å². The van der Waals surface area contributed by atoms with Crippen LogP contribution in [0.25, 0.3) is 0 Å². The van der Waals surface area contributed by atoms with E-state index in [9.17, 15) is 4.79 Å². The zero-order valence-electron chi connectivity index (χ0n) is 8.72. The van der Waals surface area contributed by atoms with E-state index < -0.39 is 5.97 Å². The van der Waals surface area contributed by atoms with Gasteiger partial charge >= 0.3 is 5.97 Å². The van der Waals surface area contributed by atoms with Gasteiger partial charge in [-0.25, -0.2) is 0 Å². The Labute approximate surface area is 81.7 Å². The first kappa shape index (κ1) is 14.7. The molecule has 0 unspecified atom stereocenters. The van der Waals surface area contributed by atoms with Crippen LogP contribution < -0.4 is 0 Å². The van der Waals surface area contributed by atoms with Crippen molar-refractivity contribution >= 4 is 5.97 Å². The van der Waals surface area contributed by atoms with Crippen molar-refractivity contribution in [3.05, 3.63) is 13.2 Å². The largest absolute Gasteiger partial charge is 0.481 e. The Kier molecular flexibility index (Phi) is 15.6. The third-order valence-corrected chi connectivity index (χ3v) is 1.74. The molecule has 0 spiro atoms. The number of carbonyl (C=O) groups is 1. The lowest BCUT2D eigenvalue weighted by Crippen LogP contribution is -1.93. The number of aliphatic carboxylic acids is 1. The topological polar surface area (TPSA) is 37.3 Å². The van der Waals surface area contributed by atoms with Gasteiger partial charge in [-0.15, -0.1) is 13.2 Å². The molecule has 0 aliphatic carbocycles.